The van der Waals surface area contributed by atoms with Crippen molar-refractivity contribution in [3.8, 4) is 0 Å². The van der Waals surface area contributed by atoms with Gasteiger partial charge in [0, 0.05) is 32.3 Å². The molecular formula is C24H12N2. The summed E-state index contributed by atoms with van der Waals surface area (Å²) in [6, 6.07) is 25.8. The minimum atomic E-state index is 1.01. The van der Waals surface area contributed by atoms with Crippen LogP contribution in [-0.2, 0) is 0 Å². The van der Waals surface area contributed by atoms with Gasteiger partial charge in [-0.05, 0) is 10.8 Å². The molecular weight excluding hydrogens is 316 g/mol. The summed E-state index contributed by atoms with van der Waals surface area (Å²) in [6.07, 6.45) is 0. The molecule has 0 spiro atoms. The molecule has 6 aromatic carbocycles. The van der Waals surface area contributed by atoms with Crippen molar-refractivity contribution in [2.24, 2.45) is 0 Å². The highest BCUT2D eigenvalue weighted by atomic mass is 14.8. The lowest BCUT2D eigenvalue weighted by molar-refractivity contribution is 1.46. The number of nitrogens with zero attached hydrogens (tertiary/aromatic N) is 2. The van der Waals surface area contributed by atoms with E-state index in [-0.39, 0.29) is 0 Å². The first-order valence-corrected chi connectivity index (χ1v) is 8.87. The lowest BCUT2D eigenvalue weighted by Gasteiger charge is -1.97. The third kappa shape index (κ3) is 1.33. The van der Waals surface area contributed by atoms with E-state index >= 15 is 0 Å². The van der Waals surface area contributed by atoms with Crippen LogP contribution in [0.5, 0.6) is 0 Å². The molecule has 7 aromatic rings. The average Bonchev–Trinajstić information content (AvgIpc) is 3.18. The normalized spacial score (nSPS) is 12.6. The zero-order valence-corrected chi connectivity index (χ0v) is 13.8. The highest BCUT2D eigenvalue weighted by Gasteiger charge is 2.18. The minimum absolute atomic E-state index is 1.01. The number of hydrogen-bond acceptors (Lipinski definition) is 2. The van der Waals surface area contributed by atoms with Crippen LogP contribution >= 0.6 is 0 Å². The third-order valence-electron chi connectivity index (χ3n) is 5.73. The maximum absolute atomic E-state index is 5.15. The van der Waals surface area contributed by atoms with Crippen LogP contribution in [0.3, 0.4) is 0 Å². The summed E-state index contributed by atoms with van der Waals surface area (Å²) >= 11 is 0. The summed E-state index contributed by atoms with van der Waals surface area (Å²) in [7, 11) is 0. The Bertz CT molecular complexity index is 1390. The number of aromatic nitrogens is 2. The Kier molecular flexibility index (Phi) is 2.05. The van der Waals surface area contributed by atoms with Crippen molar-refractivity contribution >= 4 is 65.2 Å². The first kappa shape index (κ1) is 12.8. The van der Waals surface area contributed by atoms with E-state index < -0.39 is 0 Å². The molecule has 1 heterocycles. The highest BCUT2D eigenvalue weighted by Crippen LogP contribution is 2.41. The van der Waals surface area contributed by atoms with Crippen LogP contribution in [0.2, 0.25) is 0 Å². The SMILES string of the molecule is c1cc2cccc3c4nc5c6cccc7cccc(c5nc4c(c1)c23)c76. The molecule has 26 heavy (non-hydrogen) atoms. The van der Waals surface area contributed by atoms with Crippen LogP contribution in [0, 0.1) is 0 Å². The van der Waals surface area contributed by atoms with Crippen LogP contribution in [0.15, 0.2) is 72.8 Å². The Balaban J connectivity index is 1.85. The summed E-state index contributed by atoms with van der Waals surface area (Å²) in [5.41, 5.74) is 4.06. The molecule has 0 aliphatic carbocycles. The van der Waals surface area contributed by atoms with Crippen molar-refractivity contribution in [1.29, 1.82) is 0 Å². The highest BCUT2D eigenvalue weighted by molar-refractivity contribution is 6.32. The Labute approximate surface area is 148 Å². The van der Waals surface area contributed by atoms with Gasteiger partial charge in [-0.2, -0.15) is 0 Å². The minimum Gasteiger partial charge on any atom is -0.243 e. The summed E-state index contributed by atoms with van der Waals surface area (Å²) < 4.78 is 0. The lowest BCUT2D eigenvalue weighted by atomic mass is 10.1. The Morgan fingerprint density at radius 3 is 1.00 bits per heavy atom. The van der Waals surface area contributed by atoms with Crippen LogP contribution in [0.25, 0.3) is 65.2 Å². The molecule has 1 aromatic heterocycles. The predicted molar refractivity (Wildman–Crippen MR) is 109 cm³/mol. The number of benzene rings is 4. The summed E-state index contributed by atoms with van der Waals surface area (Å²) in [5.74, 6) is 0. The van der Waals surface area contributed by atoms with E-state index in [1.807, 2.05) is 0 Å². The maximum Gasteiger partial charge on any atom is 0.0980 e. The first-order chi connectivity index (χ1) is 12.9. The van der Waals surface area contributed by atoms with E-state index in [4.69, 9.17) is 9.97 Å². The smallest absolute Gasteiger partial charge is 0.0980 e. The molecule has 0 aliphatic heterocycles. The molecule has 2 nitrogen and oxygen atoms in total. The van der Waals surface area contributed by atoms with E-state index in [1.165, 1.54) is 43.1 Å². The topological polar surface area (TPSA) is 25.8 Å². The molecule has 118 valence electrons. The molecule has 0 saturated heterocycles. The molecule has 0 aliphatic rings. The molecule has 0 bridgehead atoms. The van der Waals surface area contributed by atoms with Crippen molar-refractivity contribution < 1.29 is 0 Å². The van der Waals surface area contributed by atoms with Crippen molar-refractivity contribution in [2.75, 3.05) is 0 Å². The van der Waals surface area contributed by atoms with E-state index in [1.54, 1.807) is 0 Å². The molecule has 0 radical (unpaired) electrons. The zero-order chi connectivity index (χ0) is 16.8. The molecule has 0 amide bonds. The average molecular weight is 328 g/mol. The Morgan fingerprint density at radius 1 is 0.385 bits per heavy atom. The molecule has 0 saturated carbocycles. The largest absolute Gasteiger partial charge is 0.243 e. The fourth-order valence-corrected chi connectivity index (χ4v) is 4.66. The van der Waals surface area contributed by atoms with Gasteiger partial charge in [-0.15, -0.1) is 0 Å². The fourth-order valence-electron chi connectivity index (χ4n) is 4.66. The molecule has 0 unspecified atom stereocenters. The first-order valence-electron chi connectivity index (χ1n) is 8.87. The van der Waals surface area contributed by atoms with Gasteiger partial charge in [-0.25, -0.2) is 9.97 Å². The summed E-state index contributed by atoms with van der Waals surface area (Å²) in [4.78, 5) is 10.3. The van der Waals surface area contributed by atoms with Crippen molar-refractivity contribution in [3.63, 3.8) is 0 Å². The van der Waals surface area contributed by atoms with Crippen molar-refractivity contribution in [2.45, 2.75) is 0 Å². The van der Waals surface area contributed by atoms with Crippen LogP contribution in [-0.4, -0.2) is 9.97 Å². The van der Waals surface area contributed by atoms with Gasteiger partial charge in [0.1, 0.15) is 0 Å². The van der Waals surface area contributed by atoms with E-state index in [9.17, 15) is 0 Å². The summed E-state index contributed by atoms with van der Waals surface area (Å²) in [5, 5.41) is 9.86. The number of hydrogen-bond donors (Lipinski definition) is 0. The van der Waals surface area contributed by atoms with Crippen LogP contribution in [0.4, 0.5) is 0 Å². The fraction of sp³-hybridized carbons (Fsp3) is 0. The van der Waals surface area contributed by atoms with Gasteiger partial charge in [0.2, 0.25) is 0 Å². The third-order valence-corrected chi connectivity index (χ3v) is 5.73. The van der Waals surface area contributed by atoms with E-state index in [0.717, 1.165) is 22.1 Å². The standard InChI is InChI=1S/C24H12N2/c1-5-13-6-2-10-16-19(13)15(9-1)21-22(16)26-24-18-12-4-8-14-7-3-11-17(20(14)18)23(24)25-21/h1-12H. The van der Waals surface area contributed by atoms with Gasteiger partial charge in [-0.1, -0.05) is 72.8 Å². The van der Waals surface area contributed by atoms with E-state index in [2.05, 4.69) is 72.8 Å². The maximum atomic E-state index is 5.15. The lowest BCUT2D eigenvalue weighted by Crippen LogP contribution is -1.81. The van der Waals surface area contributed by atoms with Crippen molar-refractivity contribution in [1.82, 2.24) is 9.97 Å². The van der Waals surface area contributed by atoms with Gasteiger partial charge >= 0.3 is 0 Å². The van der Waals surface area contributed by atoms with Gasteiger partial charge in [0.15, 0.2) is 0 Å². The molecule has 7 rings (SSSR count). The van der Waals surface area contributed by atoms with Crippen molar-refractivity contribution in [3.05, 3.63) is 72.8 Å². The monoisotopic (exact) mass is 328 g/mol. The molecule has 0 N–H and O–H groups in total. The summed E-state index contributed by atoms with van der Waals surface area (Å²) in [6.45, 7) is 0. The van der Waals surface area contributed by atoms with Crippen LogP contribution in [0.1, 0.15) is 0 Å². The second-order valence-corrected chi connectivity index (χ2v) is 7.04. The molecule has 0 atom stereocenters. The van der Waals surface area contributed by atoms with Gasteiger partial charge < -0.3 is 0 Å². The molecule has 2 heteroatoms. The number of fused-ring (bicyclic) bond motifs is 6. The second kappa shape index (κ2) is 4.17. The van der Waals surface area contributed by atoms with Gasteiger partial charge in [-0.3, -0.25) is 0 Å². The second-order valence-electron chi connectivity index (χ2n) is 7.04. The van der Waals surface area contributed by atoms with Crippen LogP contribution < -0.4 is 0 Å². The zero-order valence-electron chi connectivity index (χ0n) is 13.8. The predicted octanol–water partition coefficient (Wildman–Crippen LogP) is 6.27. The Morgan fingerprint density at radius 2 is 0.692 bits per heavy atom. The quantitative estimate of drug-likeness (QED) is 0.328. The van der Waals surface area contributed by atoms with E-state index in [0.29, 0.717) is 0 Å². The van der Waals surface area contributed by atoms with Gasteiger partial charge in [0.25, 0.3) is 0 Å². The number of rotatable bonds is 0. The van der Waals surface area contributed by atoms with Gasteiger partial charge in [0.05, 0.1) is 22.1 Å². The molecule has 0 fully saturated rings. The Hall–Kier alpha value is -3.52.